The maximum absolute atomic E-state index is 14.1. The highest BCUT2D eigenvalue weighted by Crippen LogP contribution is 2.58. The normalized spacial score (nSPS) is 22.7. The second-order valence-electron chi connectivity index (χ2n) is 9.43. The molecule has 0 aliphatic heterocycles. The fourth-order valence-corrected chi connectivity index (χ4v) is 4.51. The van der Waals surface area contributed by atoms with E-state index in [0.717, 1.165) is 25.2 Å². The molecule has 0 radical (unpaired) electrons. The van der Waals surface area contributed by atoms with Crippen LogP contribution in [0.3, 0.4) is 0 Å². The number of rotatable bonds is 7. The van der Waals surface area contributed by atoms with Gasteiger partial charge in [0.1, 0.15) is 6.17 Å². The van der Waals surface area contributed by atoms with E-state index in [9.17, 15) is 14.3 Å². The topological polar surface area (TPSA) is 104 Å². The highest BCUT2D eigenvalue weighted by atomic mass is 35.5. The zero-order chi connectivity index (χ0) is 22.7. The molecule has 168 valence electrons. The molecule has 10 heteroatoms. The molecule has 1 amide bonds. The summed E-state index contributed by atoms with van der Waals surface area (Å²) in [6.07, 6.45) is 7.98. The lowest BCUT2D eigenvalue weighted by molar-refractivity contribution is -0.00179. The van der Waals surface area contributed by atoms with E-state index in [1.54, 1.807) is 23.1 Å². The fourth-order valence-electron chi connectivity index (χ4n) is 4.36. The number of fused-ring (bicyclic) bond motifs is 1. The van der Waals surface area contributed by atoms with Gasteiger partial charge in [-0.25, -0.2) is 13.9 Å². The summed E-state index contributed by atoms with van der Waals surface area (Å²) in [5.74, 6) is 0.309. The van der Waals surface area contributed by atoms with Gasteiger partial charge in [-0.1, -0.05) is 11.6 Å². The highest BCUT2D eigenvalue weighted by molar-refractivity contribution is 6.30. The lowest BCUT2D eigenvalue weighted by atomic mass is 9.50. The SMILES string of the molecule is CC(C)(O)C(F)CNC(=O)c1cnc(-c2cnn3cc(Cl)cnc23)cc1NC12CC(C1)C2. The van der Waals surface area contributed by atoms with Gasteiger partial charge in [0, 0.05) is 17.9 Å². The van der Waals surface area contributed by atoms with Crippen LogP contribution in [0.2, 0.25) is 5.02 Å². The van der Waals surface area contributed by atoms with Crippen LogP contribution in [0.4, 0.5) is 10.1 Å². The average molecular weight is 459 g/mol. The van der Waals surface area contributed by atoms with Gasteiger partial charge < -0.3 is 15.7 Å². The number of alkyl halides is 1. The first kappa shape index (κ1) is 21.1. The average Bonchev–Trinajstić information content (AvgIpc) is 3.09. The molecule has 2 bridgehead atoms. The number of nitrogens with zero attached hydrogens (tertiary/aromatic N) is 4. The molecule has 0 spiro atoms. The lowest BCUT2D eigenvalue weighted by Gasteiger charge is -2.62. The van der Waals surface area contributed by atoms with E-state index in [2.05, 4.69) is 25.7 Å². The molecule has 32 heavy (non-hydrogen) atoms. The van der Waals surface area contributed by atoms with Gasteiger partial charge in [0.2, 0.25) is 0 Å². The Kier molecular flexibility index (Phi) is 4.86. The maximum atomic E-state index is 14.1. The molecule has 3 saturated carbocycles. The smallest absolute Gasteiger partial charge is 0.255 e. The van der Waals surface area contributed by atoms with Gasteiger partial charge >= 0.3 is 0 Å². The molecule has 0 saturated heterocycles. The van der Waals surface area contributed by atoms with Gasteiger partial charge in [-0.3, -0.25) is 9.78 Å². The van der Waals surface area contributed by atoms with E-state index >= 15 is 0 Å². The van der Waals surface area contributed by atoms with Crippen molar-refractivity contribution in [2.24, 2.45) is 5.92 Å². The monoisotopic (exact) mass is 458 g/mol. The third kappa shape index (κ3) is 3.69. The number of halogens is 2. The number of carbonyl (C=O) groups excluding carboxylic acids is 1. The number of carbonyl (C=O) groups is 1. The minimum atomic E-state index is -1.59. The number of hydrogen-bond acceptors (Lipinski definition) is 6. The first-order chi connectivity index (χ1) is 15.1. The Bertz CT molecular complexity index is 1190. The van der Waals surface area contributed by atoms with Gasteiger partial charge in [0.05, 0.1) is 52.1 Å². The van der Waals surface area contributed by atoms with Gasteiger partial charge in [0.25, 0.3) is 5.91 Å². The molecule has 3 fully saturated rings. The van der Waals surface area contributed by atoms with Crippen molar-refractivity contribution in [2.45, 2.75) is 50.4 Å². The molecule has 0 aromatic carbocycles. The molecule has 1 unspecified atom stereocenters. The Morgan fingerprint density at radius 1 is 1.34 bits per heavy atom. The molecule has 6 rings (SSSR count). The molecular weight excluding hydrogens is 435 g/mol. The highest BCUT2D eigenvalue weighted by Gasteiger charge is 2.56. The van der Waals surface area contributed by atoms with Crippen LogP contribution in [0.1, 0.15) is 43.5 Å². The molecule has 3 aliphatic rings. The second-order valence-corrected chi connectivity index (χ2v) is 9.87. The number of aromatic nitrogens is 4. The van der Waals surface area contributed by atoms with Crippen molar-refractivity contribution in [3.63, 3.8) is 0 Å². The Morgan fingerprint density at radius 3 is 2.75 bits per heavy atom. The van der Waals surface area contributed by atoms with Gasteiger partial charge in [-0.05, 0) is 45.1 Å². The summed E-state index contributed by atoms with van der Waals surface area (Å²) >= 11 is 6.00. The summed E-state index contributed by atoms with van der Waals surface area (Å²) < 4.78 is 15.7. The van der Waals surface area contributed by atoms with Crippen molar-refractivity contribution in [1.82, 2.24) is 24.9 Å². The minimum Gasteiger partial charge on any atom is -0.387 e. The first-order valence-corrected chi connectivity index (χ1v) is 10.9. The van der Waals surface area contributed by atoms with E-state index in [4.69, 9.17) is 11.6 Å². The van der Waals surface area contributed by atoms with Crippen LogP contribution in [0.15, 0.2) is 30.9 Å². The zero-order valence-corrected chi connectivity index (χ0v) is 18.5. The number of pyridine rings is 1. The molecule has 8 nitrogen and oxygen atoms in total. The summed E-state index contributed by atoms with van der Waals surface area (Å²) in [5.41, 5.74) is 1.36. The van der Waals surface area contributed by atoms with Gasteiger partial charge in [-0.15, -0.1) is 0 Å². The summed E-state index contributed by atoms with van der Waals surface area (Å²) in [6.45, 7) is 2.44. The van der Waals surface area contributed by atoms with E-state index in [1.807, 2.05) is 6.07 Å². The maximum Gasteiger partial charge on any atom is 0.255 e. The Hall–Kier alpha value is -2.78. The molecular formula is C22H24ClFN6O2. The van der Waals surface area contributed by atoms with Crippen LogP contribution in [0.25, 0.3) is 16.9 Å². The van der Waals surface area contributed by atoms with Crippen LogP contribution in [0.5, 0.6) is 0 Å². The van der Waals surface area contributed by atoms with Gasteiger partial charge in [-0.2, -0.15) is 5.10 Å². The fraction of sp³-hybridized carbons (Fsp3) is 0.455. The predicted octanol–water partition coefficient (Wildman–Crippen LogP) is 3.25. The first-order valence-electron chi connectivity index (χ1n) is 10.6. The number of anilines is 1. The lowest BCUT2D eigenvalue weighted by Crippen LogP contribution is -2.63. The Morgan fingerprint density at radius 2 is 2.09 bits per heavy atom. The van der Waals surface area contributed by atoms with E-state index < -0.39 is 17.7 Å². The summed E-state index contributed by atoms with van der Waals surface area (Å²) in [4.78, 5) is 21.7. The minimum absolute atomic E-state index is 0.0148. The van der Waals surface area contributed by atoms with Crippen molar-refractivity contribution in [3.8, 4) is 11.3 Å². The quantitative estimate of drug-likeness (QED) is 0.502. The van der Waals surface area contributed by atoms with E-state index in [0.29, 0.717) is 33.2 Å². The molecule has 3 aromatic rings. The summed E-state index contributed by atoms with van der Waals surface area (Å²) in [6, 6.07) is 1.81. The van der Waals surface area contributed by atoms with E-state index in [-0.39, 0.29) is 12.1 Å². The number of nitrogens with one attached hydrogen (secondary N) is 2. The summed E-state index contributed by atoms with van der Waals surface area (Å²) in [7, 11) is 0. The molecule has 3 heterocycles. The number of hydrogen-bond donors (Lipinski definition) is 3. The van der Waals surface area contributed by atoms with Crippen molar-refractivity contribution in [3.05, 3.63) is 41.4 Å². The van der Waals surface area contributed by atoms with Gasteiger partial charge in [0.15, 0.2) is 5.65 Å². The Labute approximate surface area is 189 Å². The molecule has 3 aromatic heterocycles. The molecule has 3 N–H and O–H groups in total. The second kappa shape index (κ2) is 7.38. The molecule has 3 aliphatic carbocycles. The van der Waals surface area contributed by atoms with E-state index in [1.165, 1.54) is 20.0 Å². The largest absolute Gasteiger partial charge is 0.387 e. The standard InChI is InChI=1S/C22H24ClFN6O2/c1-21(2,32)18(24)10-27-20(31)15-8-25-16(3-17(15)29-22-4-12(5-22)6-22)14-9-28-30-11-13(23)7-26-19(14)30/h3,7-9,11-12,18,32H,4-6,10H2,1-2H3,(H,25,29)(H,27,31). The van der Waals surface area contributed by atoms with Crippen LogP contribution in [-0.4, -0.2) is 54.5 Å². The van der Waals surface area contributed by atoms with Crippen molar-refractivity contribution in [2.75, 3.05) is 11.9 Å². The van der Waals surface area contributed by atoms with Crippen molar-refractivity contribution >= 4 is 28.8 Å². The zero-order valence-electron chi connectivity index (χ0n) is 17.8. The van der Waals surface area contributed by atoms with Crippen molar-refractivity contribution < 1.29 is 14.3 Å². The number of amides is 1. The van der Waals surface area contributed by atoms with Crippen LogP contribution in [0, 0.1) is 5.92 Å². The van der Waals surface area contributed by atoms with Crippen LogP contribution < -0.4 is 10.6 Å². The van der Waals surface area contributed by atoms with Crippen LogP contribution in [-0.2, 0) is 0 Å². The van der Waals surface area contributed by atoms with Crippen molar-refractivity contribution in [1.29, 1.82) is 0 Å². The number of aliphatic hydroxyl groups is 1. The predicted molar refractivity (Wildman–Crippen MR) is 118 cm³/mol. The third-order valence-electron chi connectivity index (χ3n) is 6.40. The Balaban J connectivity index is 1.46. The molecule has 1 atom stereocenters. The summed E-state index contributed by atoms with van der Waals surface area (Å²) in [5, 5.41) is 20.7. The van der Waals surface area contributed by atoms with Crippen LogP contribution >= 0.6 is 11.6 Å². The third-order valence-corrected chi connectivity index (χ3v) is 6.59.